The van der Waals surface area contributed by atoms with Gasteiger partial charge >= 0.3 is 6.18 Å². The smallest absolute Gasteiger partial charge is 0.387 e. The molecule has 5 heteroatoms. The lowest BCUT2D eigenvalue weighted by Crippen LogP contribution is -2.44. The van der Waals surface area contributed by atoms with Crippen LogP contribution in [0.15, 0.2) is 30.3 Å². The average Bonchev–Trinajstić information content (AvgIpc) is 3.18. The summed E-state index contributed by atoms with van der Waals surface area (Å²) in [6, 6.07) is 8.24. The van der Waals surface area contributed by atoms with E-state index in [9.17, 15) is 18.3 Å². The molecule has 1 fully saturated rings. The number of benzene rings is 1. The highest BCUT2D eigenvalue weighted by molar-refractivity contribution is 5.19. The van der Waals surface area contributed by atoms with Gasteiger partial charge in [-0.3, -0.25) is 4.90 Å². The van der Waals surface area contributed by atoms with Gasteiger partial charge in [0.2, 0.25) is 0 Å². The van der Waals surface area contributed by atoms with Crippen molar-refractivity contribution in [2.75, 3.05) is 6.54 Å². The second-order valence-corrected chi connectivity index (χ2v) is 5.11. The first-order valence-corrected chi connectivity index (χ1v) is 6.44. The minimum atomic E-state index is -4.23. The molecule has 1 aromatic rings. The highest BCUT2D eigenvalue weighted by Gasteiger charge is 2.41. The second-order valence-electron chi connectivity index (χ2n) is 5.11. The lowest BCUT2D eigenvalue weighted by molar-refractivity contribution is -0.156. The van der Waals surface area contributed by atoms with Crippen LogP contribution in [0.1, 0.15) is 31.4 Å². The quantitative estimate of drug-likeness (QED) is 0.891. The largest absolute Gasteiger partial charge is 0.401 e. The fourth-order valence-electron chi connectivity index (χ4n) is 2.33. The molecular weight excluding hydrogens is 255 g/mol. The SMILES string of the molecule is CC(C(O)c1ccccc1)N(CC(F)(F)F)C1CC1. The Bertz CT molecular complexity index is 403. The Kier molecular flexibility index (Phi) is 4.16. The van der Waals surface area contributed by atoms with E-state index in [1.807, 2.05) is 6.07 Å². The molecule has 2 nitrogen and oxygen atoms in total. The van der Waals surface area contributed by atoms with Crippen LogP contribution >= 0.6 is 0 Å². The number of hydrogen-bond acceptors (Lipinski definition) is 2. The molecule has 0 heterocycles. The van der Waals surface area contributed by atoms with E-state index in [1.54, 1.807) is 31.2 Å². The molecule has 0 aliphatic heterocycles. The summed E-state index contributed by atoms with van der Waals surface area (Å²) in [6.07, 6.45) is -3.57. The van der Waals surface area contributed by atoms with E-state index in [-0.39, 0.29) is 6.04 Å². The maximum absolute atomic E-state index is 12.6. The van der Waals surface area contributed by atoms with Crippen molar-refractivity contribution in [2.45, 2.75) is 44.1 Å². The van der Waals surface area contributed by atoms with Gasteiger partial charge in [-0.15, -0.1) is 0 Å². The van der Waals surface area contributed by atoms with Crippen LogP contribution in [0, 0.1) is 0 Å². The summed E-state index contributed by atoms with van der Waals surface area (Å²) in [4.78, 5) is 1.37. The van der Waals surface area contributed by atoms with Crippen molar-refractivity contribution in [3.8, 4) is 0 Å². The van der Waals surface area contributed by atoms with Crippen LogP contribution in [0.5, 0.6) is 0 Å². The number of rotatable bonds is 5. The van der Waals surface area contributed by atoms with Crippen LogP contribution in [0.4, 0.5) is 13.2 Å². The summed E-state index contributed by atoms with van der Waals surface area (Å²) in [5, 5.41) is 10.2. The molecule has 0 spiro atoms. The zero-order chi connectivity index (χ0) is 14.0. The average molecular weight is 273 g/mol. The molecule has 0 radical (unpaired) electrons. The number of aliphatic hydroxyl groups is 1. The van der Waals surface area contributed by atoms with Crippen LogP contribution in [0.25, 0.3) is 0 Å². The number of hydrogen-bond donors (Lipinski definition) is 1. The Balaban J connectivity index is 2.09. The van der Waals surface area contributed by atoms with Crippen molar-refractivity contribution in [1.29, 1.82) is 0 Å². The number of alkyl halides is 3. The minimum Gasteiger partial charge on any atom is -0.387 e. The molecular formula is C14H18F3NO. The second kappa shape index (κ2) is 5.51. The van der Waals surface area contributed by atoms with E-state index >= 15 is 0 Å². The van der Waals surface area contributed by atoms with Crippen molar-refractivity contribution in [3.63, 3.8) is 0 Å². The molecule has 0 aromatic heterocycles. The zero-order valence-electron chi connectivity index (χ0n) is 10.8. The van der Waals surface area contributed by atoms with Gasteiger partial charge in [-0.1, -0.05) is 30.3 Å². The molecule has 0 bridgehead atoms. The Hall–Kier alpha value is -1.07. The molecule has 1 saturated carbocycles. The van der Waals surface area contributed by atoms with Gasteiger partial charge in [0.05, 0.1) is 12.6 Å². The first kappa shape index (κ1) is 14.3. The number of aliphatic hydroxyl groups excluding tert-OH is 1. The fraction of sp³-hybridized carbons (Fsp3) is 0.571. The van der Waals surface area contributed by atoms with E-state index in [0.717, 1.165) is 12.8 Å². The number of halogens is 3. The van der Waals surface area contributed by atoms with Crippen molar-refractivity contribution in [2.24, 2.45) is 0 Å². The van der Waals surface area contributed by atoms with Gasteiger partial charge in [0.25, 0.3) is 0 Å². The zero-order valence-corrected chi connectivity index (χ0v) is 10.8. The third-order valence-corrected chi connectivity index (χ3v) is 3.50. The minimum absolute atomic E-state index is 0.0463. The van der Waals surface area contributed by atoms with Crippen LogP contribution in [0.3, 0.4) is 0 Å². The first-order chi connectivity index (χ1) is 8.88. The Morgan fingerprint density at radius 1 is 1.26 bits per heavy atom. The molecule has 1 N–H and O–H groups in total. The summed E-state index contributed by atoms with van der Waals surface area (Å²) in [6.45, 7) is 0.699. The highest BCUT2D eigenvalue weighted by atomic mass is 19.4. The van der Waals surface area contributed by atoms with Gasteiger partial charge in [0.15, 0.2) is 0 Å². The molecule has 19 heavy (non-hydrogen) atoms. The molecule has 1 aromatic carbocycles. The van der Waals surface area contributed by atoms with E-state index in [1.165, 1.54) is 4.90 Å². The molecule has 1 aliphatic carbocycles. The van der Waals surface area contributed by atoms with Crippen molar-refractivity contribution >= 4 is 0 Å². The van der Waals surface area contributed by atoms with E-state index in [4.69, 9.17) is 0 Å². The topological polar surface area (TPSA) is 23.5 Å². The molecule has 0 saturated heterocycles. The Morgan fingerprint density at radius 2 is 1.84 bits per heavy atom. The van der Waals surface area contributed by atoms with Gasteiger partial charge in [-0.05, 0) is 25.3 Å². The fourth-order valence-corrected chi connectivity index (χ4v) is 2.33. The summed E-state index contributed by atoms with van der Waals surface area (Å²) in [7, 11) is 0. The third kappa shape index (κ3) is 3.94. The normalized spacial score (nSPS) is 19.5. The predicted octanol–water partition coefficient (Wildman–Crippen LogP) is 3.14. The van der Waals surface area contributed by atoms with Gasteiger partial charge in [-0.2, -0.15) is 13.2 Å². The van der Waals surface area contributed by atoms with E-state index < -0.39 is 24.9 Å². The molecule has 1 aliphatic rings. The molecule has 2 atom stereocenters. The van der Waals surface area contributed by atoms with Crippen LogP contribution in [-0.4, -0.2) is 34.8 Å². The van der Waals surface area contributed by atoms with Gasteiger partial charge in [-0.25, -0.2) is 0 Å². The van der Waals surface area contributed by atoms with Gasteiger partial charge in [0.1, 0.15) is 0 Å². The van der Waals surface area contributed by atoms with E-state index in [0.29, 0.717) is 5.56 Å². The maximum Gasteiger partial charge on any atom is 0.401 e. The van der Waals surface area contributed by atoms with Crippen molar-refractivity contribution in [3.05, 3.63) is 35.9 Å². The lowest BCUT2D eigenvalue weighted by atomic mass is 10.0. The monoisotopic (exact) mass is 273 g/mol. The van der Waals surface area contributed by atoms with Crippen molar-refractivity contribution < 1.29 is 18.3 Å². The van der Waals surface area contributed by atoms with Crippen LogP contribution < -0.4 is 0 Å². The van der Waals surface area contributed by atoms with Crippen LogP contribution in [0.2, 0.25) is 0 Å². The lowest BCUT2D eigenvalue weighted by Gasteiger charge is -2.33. The Labute approximate surface area is 110 Å². The predicted molar refractivity (Wildman–Crippen MR) is 66.6 cm³/mol. The molecule has 2 rings (SSSR count). The third-order valence-electron chi connectivity index (χ3n) is 3.50. The molecule has 0 amide bonds. The van der Waals surface area contributed by atoms with Crippen molar-refractivity contribution in [1.82, 2.24) is 4.90 Å². The number of nitrogens with zero attached hydrogens (tertiary/aromatic N) is 1. The maximum atomic E-state index is 12.6. The van der Waals surface area contributed by atoms with E-state index in [2.05, 4.69) is 0 Å². The van der Waals surface area contributed by atoms with Gasteiger partial charge in [0, 0.05) is 12.1 Å². The van der Waals surface area contributed by atoms with Crippen LogP contribution in [-0.2, 0) is 0 Å². The van der Waals surface area contributed by atoms with Gasteiger partial charge < -0.3 is 5.11 Å². The molecule has 106 valence electrons. The molecule has 2 unspecified atom stereocenters. The summed E-state index contributed by atoms with van der Waals surface area (Å²) >= 11 is 0. The standard InChI is InChI=1S/C14H18F3NO/c1-10(13(19)11-5-3-2-4-6-11)18(12-7-8-12)9-14(15,16)17/h2-6,10,12-13,19H,7-9H2,1H3. The summed E-state index contributed by atoms with van der Waals surface area (Å²) < 4.78 is 37.8. The highest BCUT2D eigenvalue weighted by Crippen LogP contribution is 2.35. The first-order valence-electron chi connectivity index (χ1n) is 6.44. The summed E-state index contributed by atoms with van der Waals surface area (Å²) in [5.41, 5.74) is 0.655. The Morgan fingerprint density at radius 3 is 2.32 bits per heavy atom. The summed E-state index contributed by atoms with van der Waals surface area (Å²) in [5.74, 6) is 0.